The number of hydrogen-bond donors (Lipinski definition) is 2. The van der Waals surface area contributed by atoms with E-state index in [1.54, 1.807) is 11.3 Å². The minimum atomic E-state index is 0.299. The van der Waals surface area contributed by atoms with E-state index in [4.69, 9.17) is 5.73 Å². The molecule has 0 radical (unpaired) electrons. The largest absolute Gasteiger partial charge is 0.328 e. The van der Waals surface area contributed by atoms with Crippen molar-refractivity contribution in [2.75, 3.05) is 13.1 Å². The van der Waals surface area contributed by atoms with Crippen LogP contribution in [0.3, 0.4) is 0 Å². The molecule has 104 valence electrons. The number of nitrogens with two attached hydrogens (primary N) is 1. The van der Waals surface area contributed by atoms with Crippen molar-refractivity contribution in [2.45, 2.75) is 52.5 Å². The van der Waals surface area contributed by atoms with E-state index in [0.29, 0.717) is 17.4 Å². The molecule has 0 fully saturated rings. The van der Waals surface area contributed by atoms with E-state index in [9.17, 15) is 0 Å². The van der Waals surface area contributed by atoms with Crippen molar-refractivity contribution < 1.29 is 0 Å². The van der Waals surface area contributed by atoms with Crippen molar-refractivity contribution in [1.29, 1.82) is 0 Å². The minimum Gasteiger partial charge on any atom is -0.328 e. The summed E-state index contributed by atoms with van der Waals surface area (Å²) in [6.45, 7) is 10.9. The van der Waals surface area contributed by atoms with Crippen LogP contribution in [0.1, 0.15) is 51.5 Å². The maximum atomic E-state index is 6.12. The van der Waals surface area contributed by atoms with Crippen LogP contribution in [-0.2, 0) is 0 Å². The molecule has 0 aliphatic carbocycles. The number of rotatable bonds is 7. The molecular formula is C14H27N3S. The van der Waals surface area contributed by atoms with E-state index in [-0.39, 0.29) is 0 Å². The average Bonchev–Trinajstić information content (AvgIpc) is 2.74. The summed E-state index contributed by atoms with van der Waals surface area (Å²) in [5.41, 5.74) is 6.45. The summed E-state index contributed by atoms with van der Waals surface area (Å²) in [6.07, 6.45) is 3.99. The lowest BCUT2D eigenvalue weighted by molar-refractivity contribution is 0.329. The van der Waals surface area contributed by atoms with E-state index in [1.165, 1.54) is 5.01 Å². The minimum absolute atomic E-state index is 0.299. The van der Waals surface area contributed by atoms with Gasteiger partial charge in [-0.1, -0.05) is 27.7 Å². The summed E-state index contributed by atoms with van der Waals surface area (Å²) in [4.78, 5) is 4.33. The van der Waals surface area contributed by atoms with Crippen molar-refractivity contribution in [3.8, 4) is 0 Å². The molecule has 0 aromatic carbocycles. The molecule has 0 aliphatic rings. The van der Waals surface area contributed by atoms with Gasteiger partial charge in [-0.3, -0.25) is 0 Å². The molecule has 3 N–H and O–H groups in total. The maximum Gasteiger partial charge on any atom is 0.0965 e. The molecule has 1 aromatic heterocycles. The Morgan fingerprint density at radius 2 is 2.17 bits per heavy atom. The first kappa shape index (κ1) is 15.6. The molecule has 3 nitrogen and oxygen atoms in total. The second kappa shape index (κ2) is 7.22. The van der Waals surface area contributed by atoms with E-state index in [0.717, 1.165) is 25.9 Å². The number of hydrogen-bond acceptors (Lipinski definition) is 4. The van der Waals surface area contributed by atoms with Crippen LogP contribution >= 0.6 is 11.3 Å². The summed E-state index contributed by atoms with van der Waals surface area (Å²) >= 11 is 1.73. The number of aromatic nitrogens is 1. The molecule has 1 heterocycles. The van der Waals surface area contributed by atoms with Crippen molar-refractivity contribution in [3.05, 3.63) is 16.6 Å². The summed E-state index contributed by atoms with van der Waals surface area (Å²) in [5, 5.41) is 6.72. The van der Waals surface area contributed by atoms with Gasteiger partial charge in [0.05, 0.1) is 5.01 Å². The molecule has 2 atom stereocenters. The molecule has 0 bridgehead atoms. The molecule has 0 amide bonds. The molecule has 18 heavy (non-hydrogen) atoms. The number of thiazole rings is 1. The van der Waals surface area contributed by atoms with E-state index in [2.05, 4.69) is 38.0 Å². The first-order valence-corrected chi connectivity index (χ1v) is 7.62. The van der Waals surface area contributed by atoms with Gasteiger partial charge >= 0.3 is 0 Å². The lowest BCUT2D eigenvalue weighted by atomic mass is 9.87. The highest BCUT2D eigenvalue weighted by Gasteiger charge is 2.15. The van der Waals surface area contributed by atoms with Gasteiger partial charge in [-0.2, -0.15) is 0 Å². The van der Waals surface area contributed by atoms with Crippen molar-refractivity contribution in [3.63, 3.8) is 0 Å². The van der Waals surface area contributed by atoms with Gasteiger partial charge in [0.2, 0.25) is 0 Å². The maximum absolute atomic E-state index is 6.12. The standard InChI is InChI=1S/C14H27N3S/c1-11(13-17-7-8-18-13)10-16-6-5-12(15)9-14(2,3)4/h7-8,11-12,16H,5-6,9-10,15H2,1-4H3. The van der Waals surface area contributed by atoms with E-state index in [1.807, 2.05) is 11.6 Å². The first-order chi connectivity index (χ1) is 8.38. The first-order valence-electron chi connectivity index (χ1n) is 6.74. The molecule has 0 aliphatic heterocycles. The SMILES string of the molecule is CC(CNCCC(N)CC(C)(C)C)c1nccs1. The van der Waals surface area contributed by atoms with E-state index >= 15 is 0 Å². The van der Waals surface area contributed by atoms with Crippen LogP contribution in [0.15, 0.2) is 11.6 Å². The van der Waals surface area contributed by atoms with Gasteiger partial charge in [0.25, 0.3) is 0 Å². The Labute approximate surface area is 115 Å². The Hall–Kier alpha value is -0.450. The second-order valence-corrected chi connectivity index (χ2v) is 7.22. The van der Waals surface area contributed by atoms with Crippen molar-refractivity contribution >= 4 is 11.3 Å². The third-order valence-corrected chi connectivity index (χ3v) is 3.90. The van der Waals surface area contributed by atoms with Gasteiger partial charge in [-0.15, -0.1) is 11.3 Å². The Kier molecular flexibility index (Phi) is 6.26. The Morgan fingerprint density at radius 3 is 2.72 bits per heavy atom. The molecular weight excluding hydrogens is 242 g/mol. The quantitative estimate of drug-likeness (QED) is 0.748. The predicted molar refractivity (Wildman–Crippen MR) is 80.1 cm³/mol. The molecule has 1 aromatic rings. The van der Waals surface area contributed by atoms with Gasteiger partial charge in [0, 0.05) is 30.1 Å². The molecule has 1 rings (SSSR count). The third-order valence-electron chi connectivity index (χ3n) is 2.89. The molecule has 2 unspecified atom stereocenters. The lowest BCUT2D eigenvalue weighted by Gasteiger charge is -2.23. The van der Waals surface area contributed by atoms with Gasteiger partial charge < -0.3 is 11.1 Å². The Bertz CT molecular complexity index is 316. The van der Waals surface area contributed by atoms with E-state index < -0.39 is 0 Å². The molecule has 4 heteroatoms. The monoisotopic (exact) mass is 269 g/mol. The smallest absolute Gasteiger partial charge is 0.0965 e. The molecule has 0 saturated heterocycles. The van der Waals surface area contributed by atoms with Gasteiger partial charge in [-0.05, 0) is 24.8 Å². The predicted octanol–water partition coefficient (Wildman–Crippen LogP) is 2.99. The van der Waals surface area contributed by atoms with Crippen LogP contribution < -0.4 is 11.1 Å². The zero-order chi connectivity index (χ0) is 13.6. The van der Waals surface area contributed by atoms with Crippen LogP contribution in [-0.4, -0.2) is 24.1 Å². The van der Waals surface area contributed by atoms with Crippen LogP contribution in [0.5, 0.6) is 0 Å². The Morgan fingerprint density at radius 1 is 1.44 bits per heavy atom. The summed E-state index contributed by atoms with van der Waals surface area (Å²) in [5.74, 6) is 0.490. The van der Waals surface area contributed by atoms with Crippen molar-refractivity contribution in [1.82, 2.24) is 10.3 Å². The average molecular weight is 269 g/mol. The number of nitrogens with zero attached hydrogens (tertiary/aromatic N) is 1. The lowest BCUT2D eigenvalue weighted by Crippen LogP contribution is -2.31. The van der Waals surface area contributed by atoms with Crippen LogP contribution in [0.25, 0.3) is 0 Å². The Balaban J connectivity index is 2.12. The second-order valence-electron chi connectivity index (χ2n) is 6.29. The zero-order valence-electron chi connectivity index (χ0n) is 12.1. The molecule has 0 spiro atoms. The number of nitrogens with one attached hydrogen (secondary N) is 1. The highest BCUT2D eigenvalue weighted by atomic mass is 32.1. The fraction of sp³-hybridized carbons (Fsp3) is 0.786. The fourth-order valence-corrected chi connectivity index (χ4v) is 2.76. The molecule has 0 saturated carbocycles. The highest BCUT2D eigenvalue weighted by molar-refractivity contribution is 7.09. The van der Waals surface area contributed by atoms with Crippen LogP contribution in [0.4, 0.5) is 0 Å². The van der Waals surface area contributed by atoms with Crippen molar-refractivity contribution in [2.24, 2.45) is 11.1 Å². The summed E-state index contributed by atoms with van der Waals surface area (Å²) in [6, 6.07) is 0.299. The van der Waals surface area contributed by atoms with Gasteiger partial charge in [0.1, 0.15) is 0 Å². The normalized spacial score (nSPS) is 15.6. The topological polar surface area (TPSA) is 50.9 Å². The van der Waals surface area contributed by atoms with Gasteiger partial charge in [0.15, 0.2) is 0 Å². The van der Waals surface area contributed by atoms with Gasteiger partial charge in [-0.25, -0.2) is 4.98 Å². The summed E-state index contributed by atoms with van der Waals surface area (Å²) < 4.78 is 0. The third kappa shape index (κ3) is 6.47. The highest BCUT2D eigenvalue weighted by Crippen LogP contribution is 2.21. The van der Waals surface area contributed by atoms with Crippen LogP contribution in [0, 0.1) is 5.41 Å². The fourth-order valence-electron chi connectivity index (χ4n) is 2.06. The zero-order valence-corrected chi connectivity index (χ0v) is 12.9. The van der Waals surface area contributed by atoms with Crippen LogP contribution in [0.2, 0.25) is 0 Å². The summed E-state index contributed by atoms with van der Waals surface area (Å²) in [7, 11) is 0.